The average molecular weight is 451 g/mol. The highest BCUT2D eigenvalue weighted by atomic mass is 35.5. The molecule has 0 aliphatic carbocycles. The summed E-state index contributed by atoms with van der Waals surface area (Å²) in [5, 5.41) is 6.41. The van der Waals surface area contributed by atoms with Gasteiger partial charge in [0.2, 0.25) is 5.91 Å². The smallest absolute Gasteiger partial charge is 0.253 e. The number of pyridine rings is 1. The van der Waals surface area contributed by atoms with Gasteiger partial charge in [-0.1, -0.05) is 30.3 Å². The molecule has 2 aliphatic rings. The summed E-state index contributed by atoms with van der Waals surface area (Å²) in [6.07, 6.45) is 6.68. The quantitative estimate of drug-likeness (QED) is 0.733. The van der Waals surface area contributed by atoms with E-state index in [9.17, 15) is 9.59 Å². The van der Waals surface area contributed by atoms with Gasteiger partial charge in [-0.2, -0.15) is 0 Å². The molecule has 1 aromatic heterocycles. The maximum absolute atomic E-state index is 13.6. The fraction of sp³-hybridized carbons (Fsp3) is 0.409. The number of nitrogens with one attached hydrogen (secondary N) is 2. The van der Waals surface area contributed by atoms with E-state index in [1.54, 1.807) is 18.3 Å². The van der Waals surface area contributed by atoms with Gasteiger partial charge in [-0.15, -0.1) is 24.8 Å². The largest absolute Gasteiger partial charge is 0.340 e. The first-order chi connectivity index (χ1) is 13.7. The molecule has 2 saturated heterocycles. The number of benzene rings is 1. The molecule has 2 fully saturated rings. The van der Waals surface area contributed by atoms with Crippen LogP contribution in [0.4, 0.5) is 0 Å². The highest BCUT2D eigenvalue weighted by Gasteiger charge is 2.40. The van der Waals surface area contributed by atoms with Gasteiger partial charge < -0.3 is 15.5 Å². The van der Waals surface area contributed by atoms with E-state index in [1.807, 2.05) is 35.2 Å². The minimum atomic E-state index is -0.587. The van der Waals surface area contributed by atoms with Crippen LogP contribution in [0.25, 0.3) is 0 Å². The minimum Gasteiger partial charge on any atom is -0.340 e. The Bertz CT molecular complexity index is 808. The Morgan fingerprint density at radius 1 is 1.07 bits per heavy atom. The first-order valence-corrected chi connectivity index (χ1v) is 10.00. The molecule has 2 aromatic rings. The highest BCUT2D eigenvalue weighted by molar-refractivity contribution is 5.97. The van der Waals surface area contributed by atoms with Crippen molar-refractivity contribution in [2.24, 2.45) is 0 Å². The molecule has 2 aliphatic heterocycles. The summed E-state index contributed by atoms with van der Waals surface area (Å²) in [5.41, 5.74) is 1.50. The molecule has 162 valence electrons. The number of hydrogen-bond donors (Lipinski definition) is 2. The van der Waals surface area contributed by atoms with Crippen LogP contribution >= 0.6 is 24.8 Å². The Morgan fingerprint density at radius 2 is 1.83 bits per heavy atom. The molecule has 2 bridgehead atoms. The Morgan fingerprint density at radius 3 is 2.57 bits per heavy atom. The second-order valence-electron chi connectivity index (χ2n) is 7.58. The van der Waals surface area contributed by atoms with Crippen molar-refractivity contribution in [1.82, 2.24) is 20.5 Å². The van der Waals surface area contributed by atoms with Gasteiger partial charge in [0, 0.05) is 37.4 Å². The fourth-order valence-electron chi connectivity index (χ4n) is 4.31. The summed E-state index contributed by atoms with van der Waals surface area (Å²) in [7, 11) is 0. The Kier molecular flexibility index (Phi) is 9.08. The Hall–Kier alpha value is -2.15. The molecule has 3 unspecified atom stereocenters. The van der Waals surface area contributed by atoms with Crippen molar-refractivity contribution in [3.63, 3.8) is 0 Å². The lowest BCUT2D eigenvalue weighted by molar-refractivity contribution is -0.135. The third-order valence-electron chi connectivity index (χ3n) is 5.72. The SMILES string of the molecule is Cl.Cl.O=C(NC(Cc1ccccc1)C(=O)N1C2CCNCC1CC2)c1cccnc1. The number of amides is 2. The molecule has 2 N–H and O–H groups in total. The third kappa shape index (κ3) is 5.50. The van der Waals surface area contributed by atoms with Gasteiger partial charge in [0.05, 0.1) is 5.56 Å². The second kappa shape index (κ2) is 11.3. The van der Waals surface area contributed by atoms with Crippen LogP contribution in [-0.4, -0.2) is 52.9 Å². The monoisotopic (exact) mass is 450 g/mol. The minimum absolute atomic E-state index is 0. The number of carbonyl (C=O) groups is 2. The molecule has 1 aromatic carbocycles. The zero-order valence-electron chi connectivity index (χ0n) is 16.7. The number of halogens is 2. The van der Waals surface area contributed by atoms with Crippen molar-refractivity contribution >= 4 is 36.6 Å². The number of fused-ring (bicyclic) bond motifs is 2. The molecule has 0 radical (unpaired) electrons. The van der Waals surface area contributed by atoms with Gasteiger partial charge >= 0.3 is 0 Å². The van der Waals surface area contributed by atoms with Crippen molar-refractivity contribution in [2.45, 2.75) is 43.8 Å². The second-order valence-corrected chi connectivity index (χ2v) is 7.58. The Labute approximate surface area is 189 Å². The first-order valence-electron chi connectivity index (χ1n) is 10.00. The summed E-state index contributed by atoms with van der Waals surface area (Å²) in [5.74, 6) is -0.236. The van der Waals surface area contributed by atoms with E-state index in [4.69, 9.17) is 0 Å². The molecule has 3 heterocycles. The number of nitrogens with zero attached hydrogens (tertiary/aromatic N) is 2. The van der Waals surface area contributed by atoms with Crippen LogP contribution in [0.2, 0.25) is 0 Å². The van der Waals surface area contributed by atoms with Crippen molar-refractivity contribution in [3.8, 4) is 0 Å². The van der Waals surface area contributed by atoms with E-state index in [0.29, 0.717) is 12.0 Å². The molecule has 0 saturated carbocycles. The molecular weight excluding hydrogens is 423 g/mol. The van der Waals surface area contributed by atoms with Gasteiger partial charge in [0.15, 0.2) is 0 Å². The molecule has 3 atom stereocenters. The summed E-state index contributed by atoms with van der Waals surface area (Å²) in [6, 6.07) is 13.2. The van der Waals surface area contributed by atoms with Gasteiger partial charge in [0.25, 0.3) is 5.91 Å². The summed E-state index contributed by atoms with van der Waals surface area (Å²) in [4.78, 5) is 32.3. The van der Waals surface area contributed by atoms with E-state index < -0.39 is 6.04 Å². The van der Waals surface area contributed by atoms with Crippen LogP contribution in [0.3, 0.4) is 0 Å². The van der Waals surface area contributed by atoms with Crippen molar-refractivity contribution in [1.29, 1.82) is 0 Å². The topological polar surface area (TPSA) is 74.3 Å². The normalized spacial score (nSPS) is 20.9. The fourth-order valence-corrected chi connectivity index (χ4v) is 4.31. The van der Waals surface area contributed by atoms with E-state index in [-0.39, 0.29) is 48.7 Å². The maximum atomic E-state index is 13.6. The van der Waals surface area contributed by atoms with E-state index in [0.717, 1.165) is 37.9 Å². The summed E-state index contributed by atoms with van der Waals surface area (Å²) < 4.78 is 0. The van der Waals surface area contributed by atoms with Crippen molar-refractivity contribution < 1.29 is 9.59 Å². The zero-order chi connectivity index (χ0) is 19.3. The van der Waals surface area contributed by atoms with E-state index >= 15 is 0 Å². The molecule has 2 amide bonds. The maximum Gasteiger partial charge on any atom is 0.253 e. The molecule has 4 rings (SSSR count). The third-order valence-corrected chi connectivity index (χ3v) is 5.72. The van der Waals surface area contributed by atoms with Crippen LogP contribution < -0.4 is 10.6 Å². The van der Waals surface area contributed by atoms with Crippen LogP contribution in [0.15, 0.2) is 54.9 Å². The number of aromatic nitrogens is 1. The van der Waals surface area contributed by atoms with Crippen molar-refractivity contribution in [2.75, 3.05) is 13.1 Å². The summed E-state index contributed by atoms with van der Waals surface area (Å²) >= 11 is 0. The van der Waals surface area contributed by atoms with Crippen molar-refractivity contribution in [3.05, 3.63) is 66.0 Å². The predicted octanol–water partition coefficient (Wildman–Crippen LogP) is 2.62. The van der Waals surface area contributed by atoms with Gasteiger partial charge in [-0.05, 0) is 43.5 Å². The van der Waals surface area contributed by atoms with E-state index in [1.165, 1.54) is 6.20 Å². The lowest BCUT2D eigenvalue weighted by Crippen LogP contribution is -2.53. The molecular formula is C22H28Cl2N4O2. The lowest BCUT2D eigenvalue weighted by Gasteiger charge is -2.32. The number of carbonyl (C=O) groups excluding carboxylic acids is 2. The number of hydrogen-bond acceptors (Lipinski definition) is 4. The lowest BCUT2D eigenvalue weighted by atomic mass is 10.0. The molecule has 8 heteroatoms. The highest BCUT2D eigenvalue weighted by Crippen LogP contribution is 2.29. The zero-order valence-corrected chi connectivity index (χ0v) is 18.3. The first kappa shape index (κ1) is 24.1. The number of rotatable bonds is 5. The van der Waals surface area contributed by atoms with E-state index in [2.05, 4.69) is 15.6 Å². The molecule has 6 nitrogen and oxygen atoms in total. The van der Waals surface area contributed by atoms with Gasteiger partial charge in [0.1, 0.15) is 6.04 Å². The predicted molar refractivity (Wildman–Crippen MR) is 121 cm³/mol. The van der Waals surface area contributed by atoms with Crippen LogP contribution in [0.5, 0.6) is 0 Å². The Balaban J connectivity index is 0.00000160. The molecule has 30 heavy (non-hydrogen) atoms. The van der Waals surface area contributed by atoms with Gasteiger partial charge in [-0.25, -0.2) is 0 Å². The van der Waals surface area contributed by atoms with Crippen LogP contribution in [0.1, 0.15) is 35.2 Å². The van der Waals surface area contributed by atoms with Gasteiger partial charge in [-0.3, -0.25) is 14.6 Å². The standard InChI is InChI=1S/C22H26N4O2.2ClH/c27-21(17-7-4-11-23-14-17)25-20(13-16-5-2-1-3-6-16)22(28)26-18-8-9-19(26)15-24-12-10-18;;/h1-7,11,14,18-20,24H,8-10,12-13,15H2,(H,25,27);2*1H. The van der Waals surface area contributed by atoms with Crippen LogP contribution in [-0.2, 0) is 11.2 Å². The molecule has 0 spiro atoms. The van der Waals surface area contributed by atoms with Crippen LogP contribution in [0, 0.1) is 0 Å². The average Bonchev–Trinajstić information content (AvgIpc) is 3.00. The summed E-state index contributed by atoms with van der Waals surface area (Å²) in [6.45, 7) is 1.77.